The van der Waals surface area contributed by atoms with E-state index < -0.39 is 28.7 Å². The van der Waals surface area contributed by atoms with E-state index in [0.717, 1.165) is 5.56 Å². The Hall–Kier alpha value is -4.51. The quantitative estimate of drug-likeness (QED) is 0.170. The summed E-state index contributed by atoms with van der Waals surface area (Å²) in [5.41, 5.74) is 4.57. The van der Waals surface area contributed by atoms with Crippen LogP contribution in [0.3, 0.4) is 0 Å². The Morgan fingerprint density at radius 3 is 2.27 bits per heavy atom. The van der Waals surface area contributed by atoms with E-state index in [1.54, 1.807) is 24.3 Å². The number of nitrogens with one attached hydrogen (secondary N) is 2. The summed E-state index contributed by atoms with van der Waals surface area (Å²) in [6, 6.07) is 20.3. The van der Waals surface area contributed by atoms with Crippen molar-refractivity contribution in [2.75, 3.05) is 12.9 Å². The van der Waals surface area contributed by atoms with Crippen molar-refractivity contribution in [3.8, 4) is 0 Å². The number of nitrogens with zero attached hydrogens (tertiary/aromatic N) is 2. The number of nitro benzene ring substituents is 1. The lowest BCUT2D eigenvalue weighted by atomic mass is 10.1. The smallest absolute Gasteiger partial charge is 0.337 e. The molecule has 0 radical (unpaired) electrons. The molecule has 0 bridgehead atoms. The SMILES string of the molecule is COC(=O)c1ccc(/C=N\NC(=O)[C@@H](CSCc2ccccc2)NC(=O)c2ccc([N+](=O)[O-])cc2)cc1. The molecule has 0 heterocycles. The summed E-state index contributed by atoms with van der Waals surface area (Å²) in [6.45, 7) is 0. The number of non-ortho nitro benzene ring substituents is 1. The van der Waals surface area contributed by atoms with E-state index in [-0.39, 0.29) is 17.0 Å². The van der Waals surface area contributed by atoms with E-state index in [1.165, 1.54) is 49.4 Å². The predicted molar refractivity (Wildman–Crippen MR) is 140 cm³/mol. The average molecular weight is 521 g/mol. The van der Waals surface area contributed by atoms with Gasteiger partial charge in [0.2, 0.25) is 0 Å². The second-order valence-corrected chi connectivity index (χ2v) is 8.71. The van der Waals surface area contributed by atoms with Crippen LogP contribution in [0.4, 0.5) is 5.69 Å². The first-order chi connectivity index (χ1) is 17.9. The first-order valence-electron chi connectivity index (χ1n) is 11.1. The molecule has 2 N–H and O–H groups in total. The first-order valence-corrected chi connectivity index (χ1v) is 12.2. The molecule has 10 nitrogen and oxygen atoms in total. The highest BCUT2D eigenvalue weighted by Gasteiger charge is 2.22. The van der Waals surface area contributed by atoms with Gasteiger partial charge in [-0.1, -0.05) is 42.5 Å². The minimum absolute atomic E-state index is 0.141. The van der Waals surface area contributed by atoms with Gasteiger partial charge in [0.15, 0.2) is 0 Å². The molecule has 0 aliphatic carbocycles. The molecule has 37 heavy (non-hydrogen) atoms. The summed E-state index contributed by atoms with van der Waals surface area (Å²) in [4.78, 5) is 47.4. The number of methoxy groups -OCH3 is 1. The lowest BCUT2D eigenvalue weighted by Crippen LogP contribution is -2.47. The topological polar surface area (TPSA) is 140 Å². The standard InChI is InChI=1S/C26H24N4O6S/c1-36-26(33)21-9-7-18(8-10-21)15-27-29-25(32)23(17-37-16-19-5-3-2-4-6-19)28-24(31)20-11-13-22(14-12-20)30(34)35/h2-15,23H,16-17H2,1H3,(H,28,31)(H,29,32)/b27-15-/t23-/m1/s1. The number of benzene rings is 3. The largest absolute Gasteiger partial charge is 0.465 e. The molecule has 11 heteroatoms. The van der Waals surface area contributed by atoms with E-state index in [4.69, 9.17) is 0 Å². The summed E-state index contributed by atoms with van der Waals surface area (Å²) in [5.74, 6) is -0.635. The van der Waals surface area contributed by atoms with Crippen molar-refractivity contribution in [1.82, 2.24) is 10.7 Å². The van der Waals surface area contributed by atoms with Crippen LogP contribution < -0.4 is 10.7 Å². The zero-order chi connectivity index (χ0) is 26.6. The Bertz CT molecular complexity index is 1260. The fourth-order valence-corrected chi connectivity index (χ4v) is 4.12. The number of amides is 2. The molecule has 0 aliphatic heterocycles. The number of rotatable bonds is 11. The third kappa shape index (κ3) is 8.29. The van der Waals surface area contributed by atoms with E-state index in [2.05, 4.69) is 20.6 Å². The Morgan fingerprint density at radius 2 is 1.65 bits per heavy atom. The van der Waals surface area contributed by atoms with Gasteiger partial charge in [-0.2, -0.15) is 16.9 Å². The number of hydrogen-bond donors (Lipinski definition) is 2. The van der Waals surface area contributed by atoms with E-state index in [1.807, 2.05) is 30.3 Å². The minimum atomic E-state index is -0.921. The average Bonchev–Trinajstić information content (AvgIpc) is 2.93. The number of hydrazone groups is 1. The molecule has 3 aromatic rings. The lowest BCUT2D eigenvalue weighted by molar-refractivity contribution is -0.384. The summed E-state index contributed by atoms with van der Waals surface area (Å²) < 4.78 is 4.66. The molecule has 0 spiro atoms. The molecule has 3 aromatic carbocycles. The normalized spacial score (nSPS) is 11.5. The molecule has 1 atom stereocenters. The van der Waals surface area contributed by atoms with Gasteiger partial charge in [-0.3, -0.25) is 19.7 Å². The molecule has 0 aliphatic rings. The first kappa shape index (κ1) is 27.1. The van der Waals surface area contributed by atoms with Crippen LogP contribution in [0.1, 0.15) is 31.8 Å². The van der Waals surface area contributed by atoms with Gasteiger partial charge < -0.3 is 10.1 Å². The summed E-state index contributed by atoms with van der Waals surface area (Å²) in [7, 11) is 1.29. The predicted octanol–water partition coefficient (Wildman–Crippen LogP) is 3.56. The molecule has 0 saturated heterocycles. The van der Waals surface area contributed by atoms with Crippen LogP contribution in [0.5, 0.6) is 0 Å². The molecule has 0 saturated carbocycles. The molecule has 190 valence electrons. The maximum Gasteiger partial charge on any atom is 0.337 e. The number of hydrogen-bond acceptors (Lipinski definition) is 8. The molecule has 3 rings (SSSR count). The number of nitro groups is 1. The van der Waals surface area contributed by atoms with Crippen molar-refractivity contribution in [3.63, 3.8) is 0 Å². The Kier molecular flexibility index (Phi) is 9.91. The lowest BCUT2D eigenvalue weighted by Gasteiger charge is -2.17. The van der Waals surface area contributed by atoms with Gasteiger partial charge in [0.1, 0.15) is 6.04 Å². The zero-order valence-corrected chi connectivity index (χ0v) is 20.6. The third-order valence-corrected chi connectivity index (χ3v) is 6.18. The molecular weight excluding hydrogens is 496 g/mol. The molecule has 0 aromatic heterocycles. The van der Waals surface area contributed by atoms with Crippen molar-refractivity contribution < 1.29 is 24.0 Å². The highest BCUT2D eigenvalue weighted by atomic mass is 32.2. The number of ether oxygens (including phenoxy) is 1. The van der Waals surface area contributed by atoms with Crippen LogP contribution >= 0.6 is 11.8 Å². The van der Waals surface area contributed by atoms with Crippen molar-refractivity contribution >= 4 is 41.4 Å². The van der Waals surface area contributed by atoms with Crippen molar-refractivity contribution in [2.24, 2.45) is 5.10 Å². The van der Waals surface area contributed by atoms with Crippen LogP contribution in [-0.4, -0.2) is 47.8 Å². The van der Waals surface area contributed by atoms with E-state index in [9.17, 15) is 24.5 Å². The van der Waals surface area contributed by atoms with Crippen LogP contribution in [0.15, 0.2) is 84.0 Å². The van der Waals surface area contributed by atoms with Crippen molar-refractivity contribution in [3.05, 3.63) is 111 Å². The third-order valence-electron chi connectivity index (χ3n) is 5.08. The molecule has 2 amide bonds. The number of carbonyl (C=O) groups is 3. The Labute approximate surface area is 217 Å². The molecule has 0 fully saturated rings. The summed E-state index contributed by atoms with van der Waals surface area (Å²) in [5, 5.41) is 17.5. The van der Waals surface area contributed by atoms with Gasteiger partial charge in [-0.15, -0.1) is 0 Å². The second kappa shape index (κ2) is 13.5. The van der Waals surface area contributed by atoms with Gasteiger partial charge in [0.25, 0.3) is 17.5 Å². The van der Waals surface area contributed by atoms with Crippen LogP contribution in [0.2, 0.25) is 0 Å². The van der Waals surface area contributed by atoms with Gasteiger partial charge in [-0.05, 0) is 35.4 Å². The summed E-state index contributed by atoms with van der Waals surface area (Å²) in [6.07, 6.45) is 1.41. The van der Waals surface area contributed by atoms with E-state index in [0.29, 0.717) is 16.9 Å². The van der Waals surface area contributed by atoms with Gasteiger partial charge in [0, 0.05) is 29.2 Å². The number of thioether (sulfide) groups is 1. The van der Waals surface area contributed by atoms with Gasteiger partial charge in [0.05, 0.1) is 23.8 Å². The van der Waals surface area contributed by atoms with Crippen LogP contribution in [0.25, 0.3) is 0 Å². The zero-order valence-electron chi connectivity index (χ0n) is 19.8. The maximum absolute atomic E-state index is 12.9. The monoisotopic (exact) mass is 520 g/mol. The molecule has 0 unspecified atom stereocenters. The number of carbonyl (C=O) groups excluding carboxylic acids is 3. The van der Waals surface area contributed by atoms with E-state index >= 15 is 0 Å². The summed E-state index contributed by atoms with van der Waals surface area (Å²) >= 11 is 1.46. The Balaban J connectivity index is 1.65. The fourth-order valence-electron chi connectivity index (χ4n) is 3.10. The highest BCUT2D eigenvalue weighted by molar-refractivity contribution is 7.98. The Morgan fingerprint density at radius 1 is 1.00 bits per heavy atom. The maximum atomic E-state index is 12.9. The van der Waals surface area contributed by atoms with Crippen molar-refractivity contribution in [2.45, 2.75) is 11.8 Å². The van der Waals surface area contributed by atoms with Gasteiger partial charge in [-0.25, -0.2) is 10.2 Å². The van der Waals surface area contributed by atoms with Crippen molar-refractivity contribution in [1.29, 1.82) is 0 Å². The minimum Gasteiger partial charge on any atom is -0.465 e. The second-order valence-electron chi connectivity index (χ2n) is 7.68. The fraction of sp³-hybridized carbons (Fsp3) is 0.154. The van der Waals surface area contributed by atoms with Crippen LogP contribution in [0, 0.1) is 10.1 Å². The molecular formula is C26H24N4O6S. The van der Waals surface area contributed by atoms with Crippen LogP contribution in [-0.2, 0) is 15.3 Å². The number of esters is 1. The highest BCUT2D eigenvalue weighted by Crippen LogP contribution is 2.15. The van der Waals surface area contributed by atoms with Gasteiger partial charge >= 0.3 is 5.97 Å².